The summed E-state index contributed by atoms with van der Waals surface area (Å²) in [5.41, 5.74) is 6.33. The quantitative estimate of drug-likeness (QED) is 0.370. The third kappa shape index (κ3) is 4.29. The molecule has 2 atom stereocenters. The highest BCUT2D eigenvalue weighted by molar-refractivity contribution is 5.83. The molecule has 1 aliphatic rings. The van der Waals surface area contributed by atoms with E-state index >= 15 is 0 Å². The molecular weight excluding hydrogens is 455 g/mol. The lowest BCUT2D eigenvalue weighted by atomic mass is 9.97. The summed E-state index contributed by atoms with van der Waals surface area (Å²) in [5.74, 6) is 0.287. The van der Waals surface area contributed by atoms with Crippen molar-refractivity contribution in [3.63, 3.8) is 0 Å². The number of hydrogen-bond donors (Lipinski definition) is 2. The average Bonchev–Trinajstić information content (AvgIpc) is 3.62. The van der Waals surface area contributed by atoms with Crippen LogP contribution in [0.1, 0.15) is 24.8 Å². The van der Waals surface area contributed by atoms with Crippen LogP contribution in [0.4, 0.5) is 4.39 Å². The van der Waals surface area contributed by atoms with Gasteiger partial charge in [-0.1, -0.05) is 24.3 Å². The van der Waals surface area contributed by atoms with Gasteiger partial charge in [0.2, 0.25) is 0 Å². The minimum absolute atomic E-state index is 0.164. The summed E-state index contributed by atoms with van der Waals surface area (Å²) in [5, 5.41) is 21.7. The Morgan fingerprint density at radius 1 is 1.06 bits per heavy atom. The average molecular weight is 483 g/mol. The van der Waals surface area contributed by atoms with Crippen molar-refractivity contribution < 1.29 is 9.50 Å². The van der Waals surface area contributed by atoms with Crippen molar-refractivity contribution in [3.05, 3.63) is 84.7 Å². The van der Waals surface area contributed by atoms with Crippen molar-refractivity contribution in [2.24, 2.45) is 7.05 Å². The zero-order valence-corrected chi connectivity index (χ0v) is 20.0. The largest absolute Gasteiger partial charge is 0.392 e. The molecule has 6 rings (SSSR count). The Bertz CT molecular complexity index is 1540. The van der Waals surface area contributed by atoms with E-state index < -0.39 is 0 Å². The molecule has 2 N–H and O–H groups in total. The molecule has 8 heteroatoms. The summed E-state index contributed by atoms with van der Waals surface area (Å²) in [7, 11) is 1.84. The Labute approximate surface area is 208 Å². The fourth-order valence-corrected chi connectivity index (χ4v) is 5.03. The highest BCUT2D eigenvalue weighted by Crippen LogP contribution is 2.33. The van der Waals surface area contributed by atoms with Gasteiger partial charge in [0.25, 0.3) is 0 Å². The molecule has 0 bridgehead atoms. The van der Waals surface area contributed by atoms with Gasteiger partial charge in [-0.2, -0.15) is 0 Å². The predicted molar refractivity (Wildman–Crippen MR) is 137 cm³/mol. The molecule has 3 heterocycles. The van der Waals surface area contributed by atoms with Gasteiger partial charge in [0.15, 0.2) is 5.82 Å². The van der Waals surface area contributed by atoms with E-state index in [2.05, 4.69) is 33.7 Å². The smallest absolute Gasteiger partial charge is 0.164 e. The SMILES string of the molecule is Cn1cnnc1-c1cc(F)ccc1-c1cccc(-c2cn3ccc(CN[C@@H]4CCC[C@@H]4O)cc3n2)c1. The molecule has 36 heavy (non-hydrogen) atoms. The first-order chi connectivity index (χ1) is 17.5. The van der Waals surface area contributed by atoms with Crippen molar-refractivity contribution >= 4 is 5.65 Å². The number of aromatic nitrogens is 5. The van der Waals surface area contributed by atoms with Gasteiger partial charge in [-0.15, -0.1) is 10.2 Å². The Morgan fingerprint density at radius 2 is 1.94 bits per heavy atom. The van der Waals surface area contributed by atoms with Gasteiger partial charge in [0, 0.05) is 43.2 Å². The second-order valence-corrected chi connectivity index (χ2v) is 9.45. The lowest BCUT2D eigenvalue weighted by Crippen LogP contribution is -2.35. The van der Waals surface area contributed by atoms with Crippen molar-refractivity contribution in [3.8, 4) is 33.8 Å². The van der Waals surface area contributed by atoms with Gasteiger partial charge in [0.1, 0.15) is 17.8 Å². The highest BCUT2D eigenvalue weighted by Gasteiger charge is 2.24. The molecule has 7 nitrogen and oxygen atoms in total. The monoisotopic (exact) mass is 482 g/mol. The van der Waals surface area contributed by atoms with E-state index in [0.717, 1.165) is 52.9 Å². The standard InChI is InChI=1S/C28H27FN6O/c1-34-17-31-33-28(34)23-14-21(29)8-9-22(23)19-4-2-5-20(13-19)25-16-35-11-10-18(12-27(35)32-25)15-30-24-6-3-7-26(24)36/h2,4-5,8-14,16-17,24,26,30,36H,3,6-7,15H2,1H3/t24-,26+/m1/s1. The van der Waals surface area contributed by atoms with Crippen LogP contribution < -0.4 is 5.32 Å². The molecule has 0 unspecified atom stereocenters. The number of aryl methyl sites for hydroxylation is 1. The van der Waals surface area contributed by atoms with Crippen LogP contribution in [0.2, 0.25) is 0 Å². The lowest BCUT2D eigenvalue weighted by molar-refractivity contribution is 0.148. The van der Waals surface area contributed by atoms with E-state index in [9.17, 15) is 9.50 Å². The van der Waals surface area contributed by atoms with E-state index in [1.54, 1.807) is 17.0 Å². The van der Waals surface area contributed by atoms with Gasteiger partial charge in [-0.05, 0) is 66.3 Å². The molecule has 3 aromatic heterocycles. The molecule has 1 aliphatic carbocycles. The van der Waals surface area contributed by atoms with Crippen molar-refractivity contribution in [2.45, 2.75) is 38.0 Å². The van der Waals surface area contributed by atoms with E-state index in [0.29, 0.717) is 17.9 Å². The van der Waals surface area contributed by atoms with Crippen LogP contribution in [0, 0.1) is 5.82 Å². The van der Waals surface area contributed by atoms with Crippen LogP contribution in [0.3, 0.4) is 0 Å². The van der Waals surface area contributed by atoms with Crippen LogP contribution >= 0.6 is 0 Å². The summed E-state index contributed by atoms with van der Waals surface area (Å²) in [6, 6.07) is 17.2. The van der Waals surface area contributed by atoms with E-state index in [1.807, 2.05) is 42.0 Å². The van der Waals surface area contributed by atoms with Crippen molar-refractivity contribution in [1.29, 1.82) is 0 Å². The van der Waals surface area contributed by atoms with Crippen LogP contribution in [-0.2, 0) is 13.6 Å². The van der Waals surface area contributed by atoms with Gasteiger partial charge in [-0.3, -0.25) is 0 Å². The number of nitrogens with one attached hydrogen (secondary N) is 1. The predicted octanol–water partition coefficient (Wildman–Crippen LogP) is 4.61. The molecule has 5 aromatic rings. The fourth-order valence-electron chi connectivity index (χ4n) is 5.03. The number of imidazole rings is 1. The first kappa shape index (κ1) is 22.6. The third-order valence-electron chi connectivity index (χ3n) is 6.98. The molecule has 182 valence electrons. The van der Waals surface area contributed by atoms with E-state index in [4.69, 9.17) is 4.98 Å². The fraction of sp³-hybridized carbons (Fsp3) is 0.250. The molecule has 1 saturated carbocycles. The number of aliphatic hydroxyl groups is 1. The van der Waals surface area contributed by atoms with Gasteiger partial charge < -0.3 is 19.4 Å². The molecule has 0 spiro atoms. The van der Waals surface area contributed by atoms with E-state index in [1.165, 1.54) is 12.1 Å². The number of pyridine rings is 1. The minimum atomic E-state index is -0.319. The van der Waals surface area contributed by atoms with Crippen LogP contribution in [-0.4, -0.2) is 41.4 Å². The van der Waals surface area contributed by atoms with Gasteiger partial charge in [-0.25, -0.2) is 9.37 Å². The topological polar surface area (TPSA) is 80.3 Å². The second kappa shape index (κ2) is 9.29. The zero-order chi connectivity index (χ0) is 24.6. The zero-order valence-electron chi connectivity index (χ0n) is 20.0. The number of aliphatic hydroxyl groups excluding tert-OH is 1. The first-order valence-corrected chi connectivity index (χ1v) is 12.2. The number of nitrogens with zero attached hydrogens (tertiary/aromatic N) is 5. The van der Waals surface area contributed by atoms with E-state index in [-0.39, 0.29) is 18.0 Å². The first-order valence-electron chi connectivity index (χ1n) is 12.2. The van der Waals surface area contributed by atoms with Crippen molar-refractivity contribution in [1.82, 2.24) is 29.5 Å². The number of halogens is 1. The van der Waals surface area contributed by atoms with Crippen LogP contribution in [0.15, 0.2) is 73.3 Å². The summed E-state index contributed by atoms with van der Waals surface area (Å²) in [6.07, 6.45) is 8.34. The Balaban J connectivity index is 1.31. The normalized spacial score (nSPS) is 17.8. The number of hydrogen-bond acceptors (Lipinski definition) is 5. The highest BCUT2D eigenvalue weighted by atomic mass is 19.1. The third-order valence-corrected chi connectivity index (χ3v) is 6.98. The van der Waals surface area contributed by atoms with Crippen molar-refractivity contribution in [2.75, 3.05) is 0 Å². The molecule has 1 fully saturated rings. The summed E-state index contributed by atoms with van der Waals surface area (Å²) < 4.78 is 18.0. The molecule has 0 saturated heterocycles. The Hall–Kier alpha value is -3.88. The van der Waals surface area contributed by atoms with Crippen LogP contribution in [0.25, 0.3) is 39.4 Å². The Morgan fingerprint density at radius 3 is 2.75 bits per heavy atom. The summed E-state index contributed by atoms with van der Waals surface area (Å²) >= 11 is 0. The Kier molecular flexibility index (Phi) is 5.83. The molecular formula is C28H27FN6O. The minimum Gasteiger partial charge on any atom is -0.392 e. The second-order valence-electron chi connectivity index (χ2n) is 9.45. The van der Waals surface area contributed by atoms with Gasteiger partial charge >= 0.3 is 0 Å². The number of rotatable bonds is 6. The summed E-state index contributed by atoms with van der Waals surface area (Å²) in [6.45, 7) is 0.700. The molecule has 0 aliphatic heterocycles. The summed E-state index contributed by atoms with van der Waals surface area (Å²) in [4.78, 5) is 4.87. The van der Waals surface area contributed by atoms with Gasteiger partial charge in [0.05, 0.1) is 11.8 Å². The molecule has 2 aromatic carbocycles. The maximum absolute atomic E-state index is 14.2. The number of fused-ring (bicyclic) bond motifs is 1. The molecule has 0 amide bonds. The van der Waals surface area contributed by atoms with Crippen LogP contribution in [0.5, 0.6) is 0 Å². The lowest BCUT2D eigenvalue weighted by Gasteiger charge is -2.16. The molecule has 0 radical (unpaired) electrons. The number of benzene rings is 2. The maximum atomic E-state index is 14.2. The maximum Gasteiger partial charge on any atom is 0.164 e.